The second-order valence-electron chi connectivity index (χ2n) is 5.22. The summed E-state index contributed by atoms with van der Waals surface area (Å²) in [6, 6.07) is 0. The predicted octanol–water partition coefficient (Wildman–Crippen LogP) is 3.14. The standard InChI is InChI=1S/C11H19/c1-7-5-9-6-10(8(7)2)11(9,3)4/h7-10H,1,5-6H2,2-4H3. The maximum absolute atomic E-state index is 4.22. The number of hydrogen-bond acceptors (Lipinski definition) is 0. The minimum absolute atomic E-state index is 0.646. The molecule has 0 amide bonds. The van der Waals surface area contributed by atoms with Gasteiger partial charge in [0.2, 0.25) is 0 Å². The van der Waals surface area contributed by atoms with Crippen molar-refractivity contribution >= 4 is 0 Å². The van der Waals surface area contributed by atoms with E-state index < -0.39 is 0 Å². The smallest absolute Gasteiger partial charge is 0.0295 e. The Morgan fingerprint density at radius 3 is 2.27 bits per heavy atom. The maximum Gasteiger partial charge on any atom is -0.0295 e. The lowest BCUT2D eigenvalue weighted by atomic mass is 9.44. The van der Waals surface area contributed by atoms with Crippen LogP contribution in [0, 0.1) is 36.0 Å². The molecule has 0 saturated heterocycles. The molecule has 0 spiro atoms. The molecule has 4 unspecified atom stereocenters. The van der Waals surface area contributed by atoms with Crippen molar-refractivity contribution in [3.63, 3.8) is 0 Å². The van der Waals surface area contributed by atoms with Crippen LogP contribution in [0.15, 0.2) is 0 Å². The molecule has 0 aromatic rings. The fraction of sp³-hybridized carbons (Fsp3) is 0.909. The van der Waals surface area contributed by atoms with Crippen molar-refractivity contribution in [1.82, 2.24) is 0 Å². The molecule has 3 fully saturated rings. The second-order valence-corrected chi connectivity index (χ2v) is 5.22. The van der Waals surface area contributed by atoms with Crippen molar-refractivity contribution in [2.75, 3.05) is 0 Å². The van der Waals surface area contributed by atoms with E-state index in [2.05, 4.69) is 27.7 Å². The summed E-state index contributed by atoms with van der Waals surface area (Å²) in [5, 5.41) is 0. The van der Waals surface area contributed by atoms with Crippen LogP contribution in [-0.4, -0.2) is 0 Å². The molecule has 3 rings (SSSR count). The van der Waals surface area contributed by atoms with Gasteiger partial charge in [-0.15, -0.1) is 0 Å². The van der Waals surface area contributed by atoms with Crippen LogP contribution >= 0.6 is 0 Å². The molecule has 0 aromatic carbocycles. The van der Waals surface area contributed by atoms with Crippen LogP contribution in [0.25, 0.3) is 0 Å². The first-order valence-electron chi connectivity index (χ1n) is 4.86. The molecule has 2 bridgehead atoms. The first-order valence-corrected chi connectivity index (χ1v) is 4.86. The molecule has 4 atom stereocenters. The summed E-state index contributed by atoms with van der Waals surface area (Å²) < 4.78 is 0. The van der Waals surface area contributed by atoms with Gasteiger partial charge in [0, 0.05) is 0 Å². The number of fused-ring (bicyclic) bond motifs is 2. The third kappa shape index (κ3) is 0.816. The van der Waals surface area contributed by atoms with Gasteiger partial charge in [-0.1, -0.05) is 20.8 Å². The number of hydrogen-bond donors (Lipinski definition) is 0. The summed E-state index contributed by atoms with van der Waals surface area (Å²) in [7, 11) is 0. The quantitative estimate of drug-likeness (QED) is 0.499. The van der Waals surface area contributed by atoms with Crippen molar-refractivity contribution in [1.29, 1.82) is 0 Å². The molecule has 63 valence electrons. The highest BCUT2D eigenvalue weighted by Gasteiger charge is 2.54. The average Bonchev–Trinajstić information content (AvgIpc) is 1.93. The fourth-order valence-electron chi connectivity index (χ4n) is 3.26. The van der Waals surface area contributed by atoms with E-state index in [-0.39, 0.29) is 0 Å². The minimum Gasteiger partial charge on any atom is -0.0620 e. The van der Waals surface area contributed by atoms with Crippen LogP contribution in [0.3, 0.4) is 0 Å². The summed E-state index contributed by atoms with van der Waals surface area (Å²) in [6.07, 6.45) is 2.87. The molecular formula is C11H19. The van der Waals surface area contributed by atoms with E-state index in [0.29, 0.717) is 5.41 Å². The summed E-state index contributed by atoms with van der Waals surface area (Å²) in [5.41, 5.74) is 0.646. The Morgan fingerprint density at radius 2 is 1.91 bits per heavy atom. The van der Waals surface area contributed by atoms with Gasteiger partial charge in [-0.2, -0.15) is 0 Å². The zero-order valence-electron chi connectivity index (χ0n) is 7.93. The van der Waals surface area contributed by atoms with Crippen LogP contribution in [-0.2, 0) is 0 Å². The van der Waals surface area contributed by atoms with Gasteiger partial charge in [0.25, 0.3) is 0 Å². The SMILES string of the molecule is [CH2]C1CC2CC(C1C)C2(C)C. The normalized spacial score (nSPS) is 53.5. The fourth-order valence-corrected chi connectivity index (χ4v) is 3.26. The number of rotatable bonds is 0. The third-order valence-corrected chi connectivity index (χ3v) is 4.51. The Morgan fingerprint density at radius 1 is 1.27 bits per heavy atom. The molecular weight excluding hydrogens is 132 g/mol. The van der Waals surface area contributed by atoms with E-state index in [4.69, 9.17) is 0 Å². The maximum atomic E-state index is 4.22. The summed E-state index contributed by atoms with van der Waals surface area (Å²) in [5.74, 6) is 3.58. The highest BCUT2D eigenvalue weighted by atomic mass is 14.6. The Kier molecular flexibility index (Phi) is 1.41. The Hall–Kier alpha value is 0. The van der Waals surface area contributed by atoms with Crippen molar-refractivity contribution in [3.8, 4) is 0 Å². The lowest BCUT2D eigenvalue weighted by Gasteiger charge is -2.61. The lowest BCUT2D eigenvalue weighted by molar-refractivity contribution is -0.118. The van der Waals surface area contributed by atoms with Gasteiger partial charge in [-0.25, -0.2) is 0 Å². The zero-order valence-corrected chi connectivity index (χ0v) is 7.93. The van der Waals surface area contributed by atoms with E-state index >= 15 is 0 Å². The van der Waals surface area contributed by atoms with Gasteiger partial charge in [0.15, 0.2) is 0 Å². The zero-order chi connectivity index (χ0) is 8.22. The van der Waals surface area contributed by atoms with E-state index in [9.17, 15) is 0 Å². The second kappa shape index (κ2) is 2.02. The van der Waals surface area contributed by atoms with Gasteiger partial charge < -0.3 is 0 Å². The first kappa shape index (κ1) is 7.64. The third-order valence-electron chi connectivity index (χ3n) is 4.51. The van der Waals surface area contributed by atoms with E-state index in [1.54, 1.807) is 0 Å². The highest BCUT2D eigenvalue weighted by molar-refractivity contribution is 5.05. The molecule has 3 aliphatic rings. The van der Waals surface area contributed by atoms with Crippen molar-refractivity contribution in [3.05, 3.63) is 6.92 Å². The summed E-state index contributed by atoms with van der Waals surface area (Å²) in [6.45, 7) is 11.5. The van der Waals surface area contributed by atoms with Crippen LogP contribution in [0.2, 0.25) is 0 Å². The molecule has 0 heterocycles. The highest BCUT2D eigenvalue weighted by Crippen LogP contribution is 2.62. The largest absolute Gasteiger partial charge is 0.0620 e. The van der Waals surface area contributed by atoms with E-state index in [1.165, 1.54) is 12.8 Å². The monoisotopic (exact) mass is 151 g/mol. The molecule has 0 aliphatic heterocycles. The van der Waals surface area contributed by atoms with Crippen molar-refractivity contribution in [2.45, 2.75) is 33.6 Å². The molecule has 1 radical (unpaired) electrons. The van der Waals surface area contributed by atoms with Crippen LogP contribution in [0.1, 0.15) is 33.6 Å². The molecule has 0 aromatic heterocycles. The molecule has 0 nitrogen and oxygen atoms in total. The van der Waals surface area contributed by atoms with Crippen molar-refractivity contribution in [2.24, 2.45) is 29.1 Å². The van der Waals surface area contributed by atoms with Crippen LogP contribution in [0.5, 0.6) is 0 Å². The van der Waals surface area contributed by atoms with Gasteiger partial charge in [0.1, 0.15) is 0 Å². The van der Waals surface area contributed by atoms with Gasteiger partial charge in [-0.05, 0) is 48.9 Å². The molecule has 0 heteroatoms. The summed E-state index contributed by atoms with van der Waals surface area (Å²) in [4.78, 5) is 0. The van der Waals surface area contributed by atoms with Gasteiger partial charge >= 0.3 is 0 Å². The van der Waals surface area contributed by atoms with E-state index in [1.807, 2.05) is 0 Å². The van der Waals surface area contributed by atoms with Crippen molar-refractivity contribution < 1.29 is 0 Å². The summed E-state index contributed by atoms with van der Waals surface area (Å²) >= 11 is 0. The first-order chi connectivity index (χ1) is 5.03. The molecule has 0 N–H and O–H groups in total. The van der Waals surface area contributed by atoms with Gasteiger partial charge in [0.05, 0.1) is 0 Å². The minimum atomic E-state index is 0.646. The van der Waals surface area contributed by atoms with Gasteiger partial charge in [-0.3, -0.25) is 0 Å². The predicted molar refractivity (Wildman–Crippen MR) is 48.0 cm³/mol. The Balaban J connectivity index is 2.17. The molecule has 11 heavy (non-hydrogen) atoms. The molecule has 3 aliphatic carbocycles. The lowest BCUT2D eigenvalue weighted by Crippen LogP contribution is -2.54. The van der Waals surface area contributed by atoms with Crippen LogP contribution in [0.4, 0.5) is 0 Å². The van der Waals surface area contributed by atoms with Crippen LogP contribution < -0.4 is 0 Å². The Labute approximate surface area is 70.4 Å². The topological polar surface area (TPSA) is 0 Å². The van der Waals surface area contributed by atoms with E-state index in [0.717, 1.165) is 23.7 Å². The average molecular weight is 151 g/mol. The Bertz CT molecular complexity index is 169. The molecule has 3 saturated carbocycles.